The summed E-state index contributed by atoms with van der Waals surface area (Å²) >= 11 is -0.365. The van der Waals surface area contributed by atoms with Gasteiger partial charge < -0.3 is 0 Å². The average molecular weight is 441 g/mol. The molecule has 23 heavy (non-hydrogen) atoms. The Labute approximate surface area is 150 Å². The number of hydrogen-bond donors (Lipinski definition) is 0. The van der Waals surface area contributed by atoms with E-state index in [1.165, 1.54) is 62.4 Å². The molecule has 0 amide bonds. The van der Waals surface area contributed by atoms with Crippen molar-refractivity contribution in [2.75, 3.05) is 0 Å². The van der Waals surface area contributed by atoms with E-state index in [-0.39, 0.29) is 0 Å². The van der Waals surface area contributed by atoms with Gasteiger partial charge in [-0.1, -0.05) is 0 Å². The van der Waals surface area contributed by atoms with Crippen molar-refractivity contribution in [1.29, 1.82) is 0 Å². The van der Waals surface area contributed by atoms with Crippen LogP contribution in [0.5, 0.6) is 0 Å². The zero-order valence-electron chi connectivity index (χ0n) is 15.5. The van der Waals surface area contributed by atoms with Crippen LogP contribution in [0.3, 0.4) is 0 Å². The molecule has 0 aliphatic heterocycles. The Balaban J connectivity index is 2.44. The predicted octanol–water partition coefficient (Wildman–Crippen LogP) is 6.01. The van der Waals surface area contributed by atoms with Crippen molar-refractivity contribution in [3.05, 3.63) is 17.4 Å². The van der Waals surface area contributed by atoms with Gasteiger partial charge in [-0.05, 0) is 0 Å². The Bertz CT molecular complexity index is 565. The molecule has 0 saturated heterocycles. The molecule has 0 spiro atoms. The molecule has 0 bridgehead atoms. The summed E-state index contributed by atoms with van der Waals surface area (Å²) in [6.07, 6.45) is 11.5. The fourth-order valence-corrected chi connectivity index (χ4v) is 22.9. The summed E-state index contributed by atoms with van der Waals surface area (Å²) in [6.45, 7) is 9.28. The molecule has 0 aliphatic carbocycles. The number of aryl methyl sites for hydroxylation is 1. The van der Waals surface area contributed by atoms with E-state index in [2.05, 4.69) is 43.8 Å². The van der Waals surface area contributed by atoms with Gasteiger partial charge in [0.2, 0.25) is 0 Å². The maximum atomic E-state index is 4.70. The second kappa shape index (κ2) is 9.45. The predicted molar refractivity (Wildman–Crippen MR) is 107 cm³/mol. The van der Waals surface area contributed by atoms with Gasteiger partial charge >= 0.3 is 151 Å². The van der Waals surface area contributed by atoms with Gasteiger partial charge in [-0.3, -0.25) is 0 Å². The van der Waals surface area contributed by atoms with Gasteiger partial charge in [-0.15, -0.1) is 0 Å². The molecule has 0 unspecified atom stereocenters. The van der Waals surface area contributed by atoms with Crippen molar-refractivity contribution < 1.29 is 0 Å². The normalized spacial score (nSPS) is 12.3. The summed E-state index contributed by atoms with van der Waals surface area (Å²) in [5, 5.41) is 2.53. The van der Waals surface area contributed by atoms with Crippen LogP contribution in [0, 0.1) is 0 Å². The molecular formula is C19H34N2SSn. The summed E-state index contributed by atoms with van der Waals surface area (Å²) in [6, 6.07) is 0. The number of thiazole rings is 1. The van der Waals surface area contributed by atoms with Crippen LogP contribution in [0.4, 0.5) is 0 Å². The number of nitrogens with zero attached hydrogens (tertiary/aromatic N) is 2. The Morgan fingerprint density at radius 1 is 0.957 bits per heavy atom. The first kappa shape index (κ1) is 19.3. The van der Waals surface area contributed by atoms with Crippen LogP contribution in [-0.2, 0) is 6.42 Å². The molecule has 0 fully saturated rings. The molecule has 4 heteroatoms. The summed E-state index contributed by atoms with van der Waals surface area (Å²) in [4.78, 5) is 6.12. The second-order valence-corrected chi connectivity index (χ2v) is 20.8. The van der Waals surface area contributed by atoms with Crippen molar-refractivity contribution in [1.82, 2.24) is 9.38 Å². The molecule has 0 aromatic carbocycles. The van der Waals surface area contributed by atoms with Crippen LogP contribution in [0.25, 0.3) is 4.83 Å². The number of fused-ring (bicyclic) bond motifs is 1. The number of aromatic nitrogens is 2. The third-order valence-corrected chi connectivity index (χ3v) is 22.3. The minimum atomic E-state index is -2.32. The van der Waals surface area contributed by atoms with Gasteiger partial charge in [-0.2, -0.15) is 0 Å². The minimum absolute atomic E-state index is 1.05. The monoisotopic (exact) mass is 442 g/mol. The van der Waals surface area contributed by atoms with E-state index in [4.69, 9.17) is 4.98 Å². The summed E-state index contributed by atoms with van der Waals surface area (Å²) in [5.74, 6) is 0. The third-order valence-electron chi connectivity index (χ3n) is 5.24. The van der Waals surface area contributed by atoms with E-state index >= 15 is 0 Å². The van der Waals surface area contributed by atoms with E-state index in [1.54, 1.807) is 3.71 Å². The average Bonchev–Trinajstić information content (AvgIpc) is 3.16. The molecule has 130 valence electrons. The van der Waals surface area contributed by atoms with Crippen LogP contribution in [0.15, 0.2) is 11.7 Å². The first-order chi connectivity index (χ1) is 11.2. The van der Waals surface area contributed by atoms with Crippen LogP contribution >= 0.6 is 11.3 Å². The Morgan fingerprint density at radius 2 is 1.52 bits per heavy atom. The van der Waals surface area contributed by atoms with Crippen molar-refractivity contribution in [2.24, 2.45) is 0 Å². The first-order valence-corrected chi connectivity index (χ1v) is 18.0. The van der Waals surface area contributed by atoms with Gasteiger partial charge in [0.25, 0.3) is 0 Å². The van der Waals surface area contributed by atoms with Crippen LogP contribution in [0.1, 0.15) is 71.9 Å². The Morgan fingerprint density at radius 3 is 2.00 bits per heavy atom. The van der Waals surface area contributed by atoms with E-state index in [1.807, 2.05) is 11.3 Å². The topological polar surface area (TPSA) is 17.3 Å². The number of hydrogen-bond acceptors (Lipinski definition) is 2. The van der Waals surface area contributed by atoms with Gasteiger partial charge in [0.15, 0.2) is 0 Å². The van der Waals surface area contributed by atoms with Crippen molar-refractivity contribution >= 4 is 38.3 Å². The first-order valence-electron chi connectivity index (χ1n) is 9.66. The molecule has 0 atom stereocenters. The molecule has 2 nitrogen and oxygen atoms in total. The van der Waals surface area contributed by atoms with Crippen LogP contribution in [0.2, 0.25) is 13.3 Å². The summed E-state index contributed by atoms with van der Waals surface area (Å²) < 4.78 is 8.88. The molecule has 0 aliphatic rings. The van der Waals surface area contributed by atoms with Gasteiger partial charge in [0, 0.05) is 0 Å². The van der Waals surface area contributed by atoms with E-state index in [0.29, 0.717) is 0 Å². The molecule has 0 N–H and O–H groups in total. The van der Waals surface area contributed by atoms with Crippen molar-refractivity contribution in [2.45, 2.75) is 86.0 Å². The van der Waals surface area contributed by atoms with Crippen LogP contribution < -0.4 is 3.71 Å². The molecule has 0 radical (unpaired) electrons. The fraction of sp³-hybridized carbons (Fsp3) is 0.737. The molecule has 2 aromatic rings. The van der Waals surface area contributed by atoms with Gasteiger partial charge in [0.05, 0.1) is 0 Å². The Hall–Kier alpha value is -0.0313. The van der Waals surface area contributed by atoms with Gasteiger partial charge in [0.1, 0.15) is 0 Å². The zero-order valence-corrected chi connectivity index (χ0v) is 19.2. The standard InChI is InChI=1S/C7H7N2S.3C4H9.Sn/c1-2-6-7-9(5-8-6)3-4-10-7;3*1-3-4-2;/h4-5H,2H2,1H3;3*1,3-4H2,2H3;. The number of imidazole rings is 1. The summed E-state index contributed by atoms with van der Waals surface area (Å²) in [5.41, 5.74) is 1.29. The third kappa shape index (κ3) is 4.33. The SMILES string of the molecule is CCC[CH2][Sn]([CH2]CCC)([CH2]CCC)[c]1csc2c(CC)ncn12. The quantitative estimate of drug-likeness (QED) is 0.390. The van der Waals surface area contributed by atoms with Crippen molar-refractivity contribution in [3.8, 4) is 0 Å². The molecule has 2 heterocycles. The maximum absolute atomic E-state index is 4.70. The zero-order chi connectivity index (χ0) is 16.7. The molecule has 2 aromatic heterocycles. The van der Waals surface area contributed by atoms with E-state index in [9.17, 15) is 0 Å². The number of unbranched alkanes of at least 4 members (excludes halogenated alkanes) is 3. The van der Waals surface area contributed by atoms with Gasteiger partial charge in [-0.25, -0.2) is 0 Å². The fourth-order valence-electron chi connectivity index (χ4n) is 3.77. The van der Waals surface area contributed by atoms with E-state index in [0.717, 1.165) is 6.42 Å². The van der Waals surface area contributed by atoms with Crippen LogP contribution in [-0.4, -0.2) is 27.8 Å². The molecular weight excluding hydrogens is 407 g/mol. The molecule has 0 saturated carbocycles. The van der Waals surface area contributed by atoms with Crippen molar-refractivity contribution in [3.63, 3.8) is 0 Å². The Kier molecular flexibility index (Phi) is 7.93. The van der Waals surface area contributed by atoms with E-state index < -0.39 is 18.4 Å². The second-order valence-electron chi connectivity index (χ2n) is 6.93. The molecule has 2 rings (SSSR count). The number of rotatable bonds is 11. The summed E-state index contributed by atoms with van der Waals surface area (Å²) in [7, 11) is 0.